The average molecular weight is 421 g/mol. The van der Waals surface area contributed by atoms with Crippen LogP contribution in [0.25, 0.3) is 0 Å². The van der Waals surface area contributed by atoms with Crippen molar-refractivity contribution in [2.45, 2.75) is 32.1 Å². The maximum Gasteiger partial charge on any atom is 0.258 e. The Labute approximate surface area is 180 Å². The van der Waals surface area contributed by atoms with Crippen LogP contribution >= 0.6 is 11.3 Å². The Morgan fingerprint density at radius 3 is 2.67 bits per heavy atom. The van der Waals surface area contributed by atoms with Crippen LogP contribution in [-0.4, -0.2) is 18.9 Å². The first kappa shape index (κ1) is 20.2. The third-order valence-corrected chi connectivity index (χ3v) is 6.42. The molecule has 1 aliphatic rings. The van der Waals surface area contributed by atoms with E-state index in [1.54, 1.807) is 13.2 Å². The SMILES string of the molecule is COc1cccc(NC(=O)c2c(NC(=O)CCc3ccccc3)sc3c2CCC3)c1. The van der Waals surface area contributed by atoms with Gasteiger partial charge in [-0.2, -0.15) is 0 Å². The summed E-state index contributed by atoms with van der Waals surface area (Å²) < 4.78 is 5.23. The molecule has 4 rings (SSSR count). The lowest BCUT2D eigenvalue weighted by molar-refractivity contribution is -0.116. The Balaban J connectivity index is 1.50. The van der Waals surface area contributed by atoms with Crippen LogP contribution in [0.4, 0.5) is 10.7 Å². The lowest BCUT2D eigenvalue weighted by Gasteiger charge is -2.10. The maximum atomic E-state index is 13.1. The lowest BCUT2D eigenvalue weighted by atomic mass is 10.1. The van der Waals surface area contributed by atoms with E-state index in [0.717, 1.165) is 30.4 Å². The Bertz CT molecular complexity index is 1060. The van der Waals surface area contributed by atoms with Gasteiger partial charge in [-0.3, -0.25) is 9.59 Å². The van der Waals surface area contributed by atoms with Gasteiger partial charge in [-0.15, -0.1) is 11.3 Å². The molecule has 2 aromatic carbocycles. The van der Waals surface area contributed by atoms with Crippen LogP contribution in [0.1, 0.15) is 39.2 Å². The standard InChI is InChI=1S/C24H24N2O3S/c1-29-18-10-5-9-17(15-18)25-23(28)22-19-11-6-12-20(19)30-24(22)26-21(27)14-13-16-7-3-2-4-8-16/h2-5,7-10,15H,6,11-14H2,1H3,(H,25,28)(H,26,27). The quantitative estimate of drug-likeness (QED) is 0.561. The Hall–Kier alpha value is -3.12. The minimum absolute atomic E-state index is 0.0748. The molecule has 0 unspecified atom stereocenters. The largest absolute Gasteiger partial charge is 0.497 e. The fourth-order valence-electron chi connectivity index (χ4n) is 3.72. The second-order valence-corrected chi connectivity index (χ2v) is 8.39. The summed E-state index contributed by atoms with van der Waals surface area (Å²) in [4.78, 5) is 26.9. The molecule has 0 fully saturated rings. The molecule has 2 N–H and O–H groups in total. The molecule has 5 nitrogen and oxygen atoms in total. The monoisotopic (exact) mass is 420 g/mol. The van der Waals surface area contributed by atoms with Gasteiger partial charge in [0, 0.05) is 23.1 Å². The van der Waals surface area contributed by atoms with E-state index in [2.05, 4.69) is 10.6 Å². The molecule has 0 bridgehead atoms. The summed E-state index contributed by atoms with van der Waals surface area (Å²) in [6.07, 6.45) is 3.92. The molecule has 154 valence electrons. The van der Waals surface area contributed by atoms with Crippen molar-refractivity contribution < 1.29 is 14.3 Å². The van der Waals surface area contributed by atoms with Crippen molar-refractivity contribution in [1.29, 1.82) is 0 Å². The number of hydrogen-bond acceptors (Lipinski definition) is 4. The topological polar surface area (TPSA) is 67.4 Å². The van der Waals surface area contributed by atoms with Gasteiger partial charge in [0.05, 0.1) is 12.7 Å². The minimum Gasteiger partial charge on any atom is -0.497 e. The first-order valence-corrected chi connectivity index (χ1v) is 10.9. The normalized spacial score (nSPS) is 12.3. The predicted molar refractivity (Wildman–Crippen MR) is 121 cm³/mol. The van der Waals surface area contributed by atoms with Crippen LogP contribution in [0.2, 0.25) is 0 Å². The van der Waals surface area contributed by atoms with Crippen molar-refractivity contribution in [3.05, 3.63) is 76.2 Å². The van der Waals surface area contributed by atoms with E-state index in [-0.39, 0.29) is 11.8 Å². The zero-order valence-electron chi connectivity index (χ0n) is 16.9. The van der Waals surface area contributed by atoms with Gasteiger partial charge in [-0.25, -0.2) is 0 Å². The third kappa shape index (κ3) is 4.54. The zero-order chi connectivity index (χ0) is 20.9. The Morgan fingerprint density at radius 2 is 1.87 bits per heavy atom. The van der Waals surface area contributed by atoms with Gasteiger partial charge in [0.25, 0.3) is 5.91 Å². The molecule has 0 aliphatic heterocycles. The van der Waals surface area contributed by atoms with E-state index >= 15 is 0 Å². The van der Waals surface area contributed by atoms with E-state index in [1.165, 1.54) is 16.2 Å². The smallest absolute Gasteiger partial charge is 0.258 e. The average Bonchev–Trinajstić information content (AvgIpc) is 3.34. The van der Waals surface area contributed by atoms with Crippen LogP contribution in [0, 0.1) is 0 Å². The number of benzene rings is 2. The highest BCUT2D eigenvalue weighted by molar-refractivity contribution is 7.17. The second-order valence-electron chi connectivity index (χ2n) is 7.28. The summed E-state index contributed by atoms with van der Waals surface area (Å²) in [7, 11) is 1.59. The number of anilines is 2. The maximum absolute atomic E-state index is 13.1. The highest BCUT2D eigenvalue weighted by Gasteiger charge is 2.27. The number of methoxy groups -OCH3 is 1. The summed E-state index contributed by atoms with van der Waals surface area (Å²) in [6, 6.07) is 17.2. The molecule has 0 spiro atoms. The van der Waals surface area contributed by atoms with Gasteiger partial charge >= 0.3 is 0 Å². The molecule has 30 heavy (non-hydrogen) atoms. The number of amides is 2. The van der Waals surface area contributed by atoms with Crippen molar-refractivity contribution in [1.82, 2.24) is 0 Å². The fourth-order valence-corrected chi connectivity index (χ4v) is 5.02. The molecule has 0 atom stereocenters. The number of nitrogens with one attached hydrogen (secondary N) is 2. The lowest BCUT2D eigenvalue weighted by Crippen LogP contribution is -2.18. The van der Waals surface area contributed by atoms with E-state index in [9.17, 15) is 9.59 Å². The molecule has 0 saturated heterocycles. The van der Waals surface area contributed by atoms with Gasteiger partial charge in [0.2, 0.25) is 5.91 Å². The minimum atomic E-state index is -0.194. The van der Waals surface area contributed by atoms with Crippen LogP contribution in [-0.2, 0) is 24.1 Å². The van der Waals surface area contributed by atoms with Gasteiger partial charge in [-0.05, 0) is 48.9 Å². The highest BCUT2D eigenvalue weighted by Crippen LogP contribution is 2.39. The molecule has 1 aliphatic carbocycles. The van der Waals surface area contributed by atoms with E-state index in [0.29, 0.717) is 34.8 Å². The van der Waals surface area contributed by atoms with E-state index in [4.69, 9.17) is 4.74 Å². The molecular weight excluding hydrogens is 396 g/mol. The second kappa shape index (κ2) is 9.13. The Kier molecular flexibility index (Phi) is 6.14. The fraction of sp³-hybridized carbons (Fsp3) is 0.250. The van der Waals surface area contributed by atoms with Crippen molar-refractivity contribution in [3.8, 4) is 5.75 Å². The number of carbonyl (C=O) groups excluding carboxylic acids is 2. The number of carbonyl (C=O) groups is 2. The molecule has 1 heterocycles. The Morgan fingerprint density at radius 1 is 1.03 bits per heavy atom. The number of aryl methyl sites for hydroxylation is 2. The number of rotatable bonds is 7. The van der Waals surface area contributed by atoms with Crippen molar-refractivity contribution in [2.75, 3.05) is 17.7 Å². The number of thiophene rings is 1. The molecular formula is C24H24N2O3S. The highest BCUT2D eigenvalue weighted by atomic mass is 32.1. The van der Waals surface area contributed by atoms with E-state index < -0.39 is 0 Å². The molecule has 0 radical (unpaired) electrons. The van der Waals surface area contributed by atoms with Crippen LogP contribution in [0.5, 0.6) is 5.75 Å². The first-order valence-electron chi connectivity index (χ1n) is 10.1. The van der Waals surface area contributed by atoms with Gasteiger partial charge in [0.1, 0.15) is 10.8 Å². The molecule has 2 amide bonds. The molecule has 0 saturated carbocycles. The van der Waals surface area contributed by atoms with Crippen LogP contribution in [0.15, 0.2) is 54.6 Å². The van der Waals surface area contributed by atoms with E-state index in [1.807, 2.05) is 48.5 Å². The molecule has 1 aromatic heterocycles. The van der Waals surface area contributed by atoms with Crippen molar-refractivity contribution in [2.24, 2.45) is 0 Å². The summed E-state index contributed by atoms with van der Waals surface area (Å²) in [5.41, 5.74) is 3.46. The number of ether oxygens (including phenoxy) is 1. The van der Waals surface area contributed by atoms with Crippen molar-refractivity contribution in [3.63, 3.8) is 0 Å². The van der Waals surface area contributed by atoms with Crippen LogP contribution < -0.4 is 15.4 Å². The zero-order valence-corrected chi connectivity index (χ0v) is 17.7. The predicted octanol–water partition coefficient (Wildman–Crippen LogP) is 5.07. The van der Waals surface area contributed by atoms with Gasteiger partial charge < -0.3 is 15.4 Å². The summed E-state index contributed by atoms with van der Waals surface area (Å²) >= 11 is 1.53. The molecule has 3 aromatic rings. The van der Waals surface area contributed by atoms with Crippen molar-refractivity contribution >= 4 is 33.8 Å². The molecule has 6 heteroatoms. The first-order chi connectivity index (χ1) is 14.6. The third-order valence-electron chi connectivity index (χ3n) is 5.21. The number of hydrogen-bond donors (Lipinski definition) is 2. The number of fused-ring (bicyclic) bond motifs is 1. The summed E-state index contributed by atoms with van der Waals surface area (Å²) in [5.74, 6) is 0.410. The van der Waals surface area contributed by atoms with Crippen LogP contribution in [0.3, 0.4) is 0 Å². The van der Waals surface area contributed by atoms with Gasteiger partial charge in [-0.1, -0.05) is 36.4 Å². The summed E-state index contributed by atoms with van der Waals surface area (Å²) in [5, 5.41) is 6.60. The van der Waals surface area contributed by atoms with Gasteiger partial charge in [0.15, 0.2) is 0 Å². The summed E-state index contributed by atoms with van der Waals surface area (Å²) in [6.45, 7) is 0.